The molecule has 0 saturated carbocycles. The summed E-state index contributed by atoms with van der Waals surface area (Å²) >= 11 is 11.9. The first-order valence-electron chi connectivity index (χ1n) is 6.99. The molecule has 1 aliphatic rings. The van der Waals surface area contributed by atoms with E-state index in [2.05, 4.69) is 10.6 Å². The van der Waals surface area contributed by atoms with Crippen molar-refractivity contribution in [2.75, 3.05) is 6.54 Å². The van der Waals surface area contributed by atoms with E-state index in [0.717, 1.165) is 31.4 Å². The molecule has 1 aliphatic heterocycles. The van der Waals surface area contributed by atoms with Crippen molar-refractivity contribution < 1.29 is 4.79 Å². The van der Waals surface area contributed by atoms with Crippen LogP contribution in [-0.2, 0) is 4.79 Å². The molecule has 118 valence electrons. The smallest absolute Gasteiger partial charge is 0.240 e. The highest BCUT2D eigenvalue weighted by Gasteiger charge is 2.39. The lowest BCUT2D eigenvalue weighted by Crippen LogP contribution is -2.53. The van der Waals surface area contributed by atoms with Crippen LogP contribution in [0.15, 0.2) is 18.2 Å². The van der Waals surface area contributed by atoms with Crippen molar-refractivity contribution in [2.24, 2.45) is 0 Å². The van der Waals surface area contributed by atoms with Gasteiger partial charge in [0, 0.05) is 0 Å². The number of benzene rings is 1. The average Bonchev–Trinajstić information content (AvgIpc) is 2.91. The number of nitrogens with one attached hydrogen (secondary N) is 2. The molecule has 0 aromatic heterocycles. The Balaban J connectivity index is 0.00000220. The number of amides is 1. The number of carbonyl (C=O) groups is 1. The third kappa shape index (κ3) is 4.04. The zero-order valence-electron chi connectivity index (χ0n) is 12.2. The Morgan fingerprint density at radius 2 is 2.14 bits per heavy atom. The SMILES string of the molecule is CCC1(C(=O)NC(C)c2ccc(Cl)c(Cl)c2)CCCN1.Cl. The van der Waals surface area contributed by atoms with Crippen LogP contribution in [0.1, 0.15) is 44.7 Å². The van der Waals surface area contributed by atoms with E-state index in [1.807, 2.05) is 19.9 Å². The van der Waals surface area contributed by atoms with Gasteiger partial charge >= 0.3 is 0 Å². The largest absolute Gasteiger partial charge is 0.348 e. The van der Waals surface area contributed by atoms with Gasteiger partial charge in [0.1, 0.15) is 0 Å². The Bertz CT molecular complexity index is 502. The van der Waals surface area contributed by atoms with Gasteiger partial charge in [-0.25, -0.2) is 0 Å². The van der Waals surface area contributed by atoms with E-state index < -0.39 is 5.54 Å². The van der Waals surface area contributed by atoms with E-state index in [1.165, 1.54) is 0 Å². The first-order valence-corrected chi connectivity index (χ1v) is 7.75. The fourth-order valence-electron chi connectivity index (χ4n) is 2.66. The normalized spacial score (nSPS) is 22.5. The lowest BCUT2D eigenvalue weighted by atomic mass is 9.92. The van der Waals surface area contributed by atoms with Crippen LogP contribution in [-0.4, -0.2) is 18.0 Å². The lowest BCUT2D eigenvalue weighted by Gasteiger charge is -2.28. The van der Waals surface area contributed by atoms with Gasteiger partial charge in [-0.3, -0.25) is 4.79 Å². The van der Waals surface area contributed by atoms with Gasteiger partial charge in [0.2, 0.25) is 5.91 Å². The molecular formula is C15H21Cl3N2O. The summed E-state index contributed by atoms with van der Waals surface area (Å²) in [5.74, 6) is 0.0658. The zero-order chi connectivity index (χ0) is 14.8. The summed E-state index contributed by atoms with van der Waals surface area (Å²) in [7, 11) is 0. The van der Waals surface area contributed by atoms with Crippen LogP contribution >= 0.6 is 35.6 Å². The quantitative estimate of drug-likeness (QED) is 0.856. The van der Waals surface area contributed by atoms with Crippen molar-refractivity contribution in [3.05, 3.63) is 33.8 Å². The first kappa shape index (κ1) is 18.6. The first-order chi connectivity index (χ1) is 9.48. The minimum absolute atomic E-state index is 0. The minimum Gasteiger partial charge on any atom is -0.348 e. The van der Waals surface area contributed by atoms with Crippen LogP contribution in [0.4, 0.5) is 0 Å². The number of carbonyl (C=O) groups excluding carboxylic acids is 1. The third-order valence-electron chi connectivity index (χ3n) is 4.07. The van der Waals surface area contributed by atoms with Gasteiger partial charge in [-0.15, -0.1) is 12.4 Å². The molecule has 1 heterocycles. The maximum atomic E-state index is 12.5. The molecule has 0 bridgehead atoms. The van der Waals surface area contributed by atoms with Gasteiger partial charge in [-0.05, 0) is 50.4 Å². The Hall–Kier alpha value is -0.480. The number of hydrogen-bond acceptors (Lipinski definition) is 2. The van der Waals surface area contributed by atoms with E-state index in [-0.39, 0.29) is 24.4 Å². The molecule has 0 radical (unpaired) electrons. The van der Waals surface area contributed by atoms with Crippen LogP contribution < -0.4 is 10.6 Å². The Kier molecular flexibility index (Phi) is 6.79. The maximum Gasteiger partial charge on any atom is 0.240 e. The van der Waals surface area contributed by atoms with Crippen molar-refractivity contribution >= 4 is 41.5 Å². The number of hydrogen-bond donors (Lipinski definition) is 2. The summed E-state index contributed by atoms with van der Waals surface area (Å²) in [6, 6.07) is 5.35. The van der Waals surface area contributed by atoms with Crippen molar-refractivity contribution in [2.45, 2.75) is 44.7 Å². The predicted molar refractivity (Wildman–Crippen MR) is 90.5 cm³/mol. The molecule has 1 amide bonds. The zero-order valence-corrected chi connectivity index (χ0v) is 14.5. The topological polar surface area (TPSA) is 41.1 Å². The van der Waals surface area contributed by atoms with E-state index in [1.54, 1.807) is 12.1 Å². The third-order valence-corrected chi connectivity index (χ3v) is 4.81. The molecule has 2 atom stereocenters. The second-order valence-corrected chi connectivity index (χ2v) is 6.15. The molecule has 2 N–H and O–H groups in total. The molecule has 0 spiro atoms. The highest BCUT2D eigenvalue weighted by atomic mass is 35.5. The van der Waals surface area contributed by atoms with Crippen molar-refractivity contribution in [3.8, 4) is 0 Å². The van der Waals surface area contributed by atoms with Crippen molar-refractivity contribution in [3.63, 3.8) is 0 Å². The van der Waals surface area contributed by atoms with Crippen LogP contribution in [0.5, 0.6) is 0 Å². The molecule has 1 saturated heterocycles. The van der Waals surface area contributed by atoms with Gasteiger partial charge in [0.25, 0.3) is 0 Å². The highest BCUT2D eigenvalue weighted by molar-refractivity contribution is 6.42. The summed E-state index contributed by atoms with van der Waals surface area (Å²) < 4.78 is 0. The fraction of sp³-hybridized carbons (Fsp3) is 0.533. The maximum absolute atomic E-state index is 12.5. The molecule has 2 rings (SSSR count). The van der Waals surface area contributed by atoms with Crippen LogP contribution in [0, 0.1) is 0 Å². The van der Waals surface area contributed by atoms with Crippen molar-refractivity contribution in [1.29, 1.82) is 0 Å². The van der Waals surface area contributed by atoms with Gasteiger partial charge in [-0.1, -0.05) is 36.2 Å². The van der Waals surface area contributed by atoms with E-state index in [4.69, 9.17) is 23.2 Å². The van der Waals surface area contributed by atoms with Gasteiger partial charge in [0.05, 0.1) is 21.6 Å². The molecule has 1 aromatic carbocycles. The molecule has 6 heteroatoms. The van der Waals surface area contributed by atoms with E-state index >= 15 is 0 Å². The molecule has 1 fully saturated rings. The number of rotatable bonds is 4. The second kappa shape index (κ2) is 7.68. The summed E-state index contributed by atoms with van der Waals surface area (Å²) in [6.45, 7) is 4.90. The molecular weight excluding hydrogens is 331 g/mol. The van der Waals surface area contributed by atoms with E-state index in [0.29, 0.717) is 10.0 Å². The van der Waals surface area contributed by atoms with Gasteiger partial charge in [0.15, 0.2) is 0 Å². The second-order valence-electron chi connectivity index (χ2n) is 5.33. The summed E-state index contributed by atoms with van der Waals surface area (Å²) in [5, 5.41) is 7.44. The lowest BCUT2D eigenvalue weighted by molar-refractivity contribution is -0.128. The average molecular weight is 352 g/mol. The van der Waals surface area contributed by atoms with Crippen LogP contribution in [0.2, 0.25) is 10.0 Å². The summed E-state index contributed by atoms with van der Waals surface area (Å²) in [6.07, 6.45) is 2.73. The highest BCUT2D eigenvalue weighted by Crippen LogP contribution is 2.27. The Morgan fingerprint density at radius 1 is 1.43 bits per heavy atom. The molecule has 2 unspecified atom stereocenters. The van der Waals surface area contributed by atoms with E-state index in [9.17, 15) is 4.79 Å². The molecule has 21 heavy (non-hydrogen) atoms. The predicted octanol–water partition coefficient (Wildman–Crippen LogP) is 4.12. The fourth-order valence-corrected chi connectivity index (χ4v) is 2.97. The Labute approximate surface area is 142 Å². The summed E-state index contributed by atoms with van der Waals surface area (Å²) in [5.41, 5.74) is 0.543. The molecule has 3 nitrogen and oxygen atoms in total. The number of halogens is 3. The molecule has 1 aromatic rings. The minimum atomic E-state index is -0.412. The van der Waals surface area contributed by atoms with Crippen molar-refractivity contribution in [1.82, 2.24) is 10.6 Å². The van der Waals surface area contributed by atoms with Crippen LogP contribution in [0.25, 0.3) is 0 Å². The van der Waals surface area contributed by atoms with Gasteiger partial charge in [-0.2, -0.15) is 0 Å². The summed E-state index contributed by atoms with van der Waals surface area (Å²) in [4.78, 5) is 12.5. The van der Waals surface area contributed by atoms with Crippen LogP contribution in [0.3, 0.4) is 0 Å². The Morgan fingerprint density at radius 3 is 2.67 bits per heavy atom. The molecule has 0 aliphatic carbocycles. The standard InChI is InChI=1S/C15H20Cl2N2O.ClH/c1-3-15(7-4-8-18-15)14(20)19-10(2)11-5-6-12(16)13(17)9-11;/h5-6,9-10,18H,3-4,7-8H2,1-2H3,(H,19,20);1H. The monoisotopic (exact) mass is 350 g/mol. The van der Waals surface area contributed by atoms with Gasteiger partial charge < -0.3 is 10.6 Å².